The van der Waals surface area contributed by atoms with Crippen molar-refractivity contribution in [2.24, 2.45) is 0 Å². The maximum atomic E-state index is 12.7. The number of thiazole rings is 1. The van der Waals surface area contributed by atoms with Crippen LogP contribution in [-0.4, -0.2) is 60.5 Å². The molecule has 29 heavy (non-hydrogen) atoms. The first-order chi connectivity index (χ1) is 13.7. The topological polar surface area (TPSA) is 163 Å². The summed E-state index contributed by atoms with van der Waals surface area (Å²) in [5.41, 5.74) is 6.15. The number of allylic oxidation sites excluding steroid dienone is 1. The Morgan fingerprint density at radius 2 is 2.10 bits per heavy atom. The number of carbonyl (C=O) groups excluding carboxylic acids is 2. The zero-order valence-electron chi connectivity index (χ0n) is 14.8. The van der Waals surface area contributed by atoms with Gasteiger partial charge in [0.05, 0.1) is 17.7 Å². The molecule has 3 rings (SSSR count). The molecule has 0 bridgehead atoms. The van der Waals surface area contributed by atoms with Crippen molar-refractivity contribution in [2.45, 2.75) is 23.1 Å². The number of aromatic nitrogens is 1. The molecule has 0 saturated carbocycles. The van der Waals surface area contributed by atoms with Crippen LogP contribution >= 0.6 is 23.1 Å². The molecule has 2 amide bonds. The normalized spacial score (nSPS) is 23.5. The lowest BCUT2D eigenvalue weighted by molar-refractivity contribution is -0.144. The number of nitrogens with two attached hydrogens (primary N) is 1. The molecule has 3 heterocycles. The quantitative estimate of drug-likeness (QED) is 0.352. The van der Waals surface area contributed by atoms with Crippen LogP contribution in [0.2, 0.25) is 0 Å². The van der Waals surface area contributed by atoms with Crippen molar-refractivity contribution in [3.8, 4) is 0 Å². The van der Waals surface area contributed by atoms with Gasteiger partial charge < -0.3 is 26.2 Å². The summed E-state index contributed by atoms with van der Waals surface area (Å²) in [6.45, 7) is 3.56. The number of anilines is 1. The molecule has 3 atom stereocenters. The summed E-state index contributed by atoms with van der Waals surface area (Å²) in [7, 11) is 0. The van der Waals surface area contributed by atoms with Crippen molar-refractivity contribution in [1.29, 1.82) is 0 Å². The largest absolute Gasteiger partial charge is 0.481 e. The number of carboxylic acids is 2. The van der Waals surface area contributed by atoms with E-state index in [0.29, 0.717) is 5.57 Å². The van der Waals surface area contributed by atoms with E-state index in [9.17, 15) is 24.3 Å². The zero-order chi connectivity index (χ0) is 21.3. The van der Waals surface area contributed by atoms with Crippen LogP contribution < -0.4 is 11.1 Å². The molecule has 0 aliphatic carbocycles. The van der Waals surface area contributed by atoms with Gasteiger partial charge in [-0.25, -0.2) is 4.98 Å². The molecule has 0 spiro atoms. The molecule has 1 aromatic rings. The molecule has 1 aromatic heterocycles. The second-order valence-electron chi connectivity index (χ2n) is 6.06. The Labute approximate surface area is 172 Å². The van der Waals surface area contributed by atoms with Crippen molar-refractivity contribution in [3.05, 3.63) is 41.6 Å². The average Bonchev–Trinajstić information content (AvgIpc) is 3.10. The number of nitrogen functional groups attached to an aromatic ring is 1. The molecule has 1 fully saturated rings. The fourth-order valence-electron chi connectivity index (χ4n) is 2.84. The molecule has 5 N–H and O–H groups in total. The molecular weight excluding hydrogens is 420 g/mol. The van der Waals surface area contributed by atoms with Crippen LogP contribution in [0.15, 0.2) is 35.9 Å². The highest BCUT2D eigenvalue weighted by Gasteiger charge is 2.52. The number of nitrogens with one attached hydrogen (secondary N) is 1. The van der Waals surface area contributed by atoms with Gasteiger partial charge in [-0.15, -0.1) is 23.1 Å². The standard InChI is InChI=1S/C17H16N4O6S2/c1-2-7-5-21-14(25)11(15(21)29-12(7)16(26)27)20-13(24)8(3-4-10(22)23)9-6-28-17(18)19-9/h2-3,5-6,11-12,15H,1,4H2,(H2,18,19)(H,20,24)(H,22,23)(H,26,27)/t11-,12?,15-/m1/s1. The third-order valence-electron chi connectivity index (χ3n) is 4.22. The molecule has 1 unspecified atom stereocenters. The van der Waals surface area contributed by atoms with Crippen molar-refractivity contribution in [3.63, 3.8) is 0 Å². The van der Waals surface area contributed by atoms with E-state index < -0.39 is 46.8 Å². The van der Waals surface area contributed by atoms with E-state index in [1.807, 2.05) is 0 Å². The van der Waals surface area contributed by atoms with Crippen LogP contribution in [0.3, 0.4) is 0 Å². The Kier molecular flexibility index (Phi) is 5.75. The highest BCUT2D eigenvalue weighted by molar-refractivity contribution is 8.01. The van der Waals surface area contributed by atoms with Crippen LogP contribution in [0.1, 0.15) is 12.1 Å². The van der Waals surface area contributed by atoms with E-state index in [4.69, 9.17) is 10.8 Å². The van der Waals surface area contributed by atoms with Crippen LogP contribution in [0.4, 0.5) is 5.13 Å². The summed E-state index contributed by atoms with van der Waals surface area (Å²) in [5.74, 6) is -3.32. The number of hydrogen-bond acceptors (Lipinski definition) is 8. The number of carboxylic acid groups (broad SMARTS) is 2. The van der Waals surface area contributed by atoms with Gasteiger partial charge in [0.2, 0.25) is 0 Å². The lowest BCUT2D eigenvalue weighted by Gasteiger charge is -2.48. The fourth-order valence-corrected chi connectivity index (χ4v) is 4.75. The van der Waals surface area contributed by atoms with Gasteiger partial charge in [0.25, 0.3) is 11.8 Å². The van der Waals surface area contributed by atoms with E-state index in [0.717, 1.165) is 23.1 Å². The van der Waals surface area contributed by atoms with Gasteiger partial charge >= 0.3 is 11.9 Å². The first kappa shape index (κ1) is 20.6. The van der Waals surface area contributed by atoms with Gasteiger partial charge in [-0.05, 0) is 5.57 Å². The summed E-state index contributed by atoms with van der Waals surface area (Å²) >= 11 is 2.09. The number of aliphatic carboxylic acids is 2. The predicted octanol–water partition coefficient (Wildman–Crippen LogP) is 0.506. The number of fused-ring (bicyclic) bond motifs is 1. The van der Waals surface area contributed by atoms with Crippen molar-refractivity contribution < 1.29 is 29.4 Å². The minimum Gasteiger partial charge on any atom is -0.481 e. The number of amides is 2. The molecule has 12 heteroatoms. The number of β-lactam (4-membered cyclic amide) rings is 1. The van der Waals surface area contributed by atoms with E-state index >= 15 is 0 Å². The van der Waals surface area contributed by atoms with Crippen LogP contribution in [0, 0.1) is 0 Å². The summed E-state index contributed by atoms with van der Waals surface area (Å²) in [6.07, 6.45) is 3.56. The number of carbonyl (C=O) groups is 4. The van der Waals surface area contributed by atoms with E-state index in [2.05, 4.69) is 16.9 Å². The molecule has 2 aliphatic heterocycles. The second-order valence-corrected chi connectivity index (χ2v) is 8.18. The second kappa shape index (κ2) is 8.09. The summed E-state index contributed by atoms with van der Waals surface area (Å²) in [5, 5.41) is 21.0. The first-order valence-corrected chi connectivity index (χ1v) is 10.0. The van der Waals surface area contributed by atoms with Gasteiger partial charge in [0.1, 0.15) is 16.7 Å². The minimum atomic E-state index is -1.14. The van der Waals surface area contributed by atoms with E-state index in [1.165, 1.54) is 28.6 Å². The predicted molar refractivity (Wildman–Crippen MR) is 107 cm³/mol. The molecule has 2 aliphatic rings. The maximum absolute atomic E-state index is 12.7. The maximum Gasteiger partial charge on any atom is 0.321 e. The lowest BCUT2D eigenvalue weighted by atomic mass is 10.0. The third-order valence-corrected chi connectivity index (χ3v) is 6.41. The first-order valence-electron chi connectivity index (χ1n) is 8.21. The molecule has 0 aromatic carbocycles. The summed E-state index contributed by atoms with van der Waals surface area (Å²) in [4.78, 5) is 52.9. The smallest absolute Gasteiger partial charge is 0.321 e. The number of rotatable bonds is 7. The monoisotopic (exact) mass is 436 g/mol. The van der Waals surface area contributed by atoms with Crippen molar-refractivity contribution >= 4 is 57.6 Å². The Hall–Kier alpha value is -3.12. The lowest BCUT2D eigenvalue weighted by Crippen LogP contribution is -2.69. The highest BCUT2D eigenvalue weighted by Crippen LogP contribution is 2.41. The minimum absolute atomic E-state index is 0.0236. The Bertz CT molecular complexity index is 969. The van der Waals surface area contributed by atoms with Crippen LogP contribution in [0.5, 0.6) is 0 Å². The Morgan fingerprint density at radius 3 is 2.66 bits per heavy atom. The summed E-state index contributed by atoms with van der Waals surface area (Å²) in [6, 6.07) is -0.957. The van der Waals surface area contributed by atoms with Gasteiger partial charge in [-0.1, -0.05) is 18.7 Å². The number of nitrogens with zero attached hydrogens (tertiary/aromatic N) is 2. The molecule has 10 nitrogen and oxygen atoms in total. The molecule has 152 valence electrons. The van der Waals surface area contributed by atoms with Crippen molar-refractivity contribution in [1.82, 2.24) is 15.2 Å². The third kappa shape index (κ3) is 4.03. The Balaban J connectivity index is 1.80. The summed E-state index contributed by atoms with van der Waals surface area (Å²) < 4.78 is 0. The fraction of sp³-hybridized carbons (Fsp3) is 0.235. The van der Waals surface area contributed by atoms with E-state index in [-0.39, 0.29) is 16.4 Å². The Morgan fingerprint density at radius 1 is 1.38 bits per heavy atom. The van der Waals surface area contributed by atoms with Gasteiger partial charge in [-0.2, -0.15) is 0 Å². The highest BCUT2D eigenvalue weighted by atomic mass is 32.2. The average molecular weight is 436 g/mol. The van der Waals surface area contributed by atoms with E-state index in [1.54, 1.807) is 0 Å². The SMILES string of the molecule is C=CC1=CN2C(=O)[C@@H](NC(=O)C(=CCC(=O)O)c3csc(N)n3)[C@H]2SC1C(=O)O. The number of hydrogen-bond donors (Lipinski definition) is 4. The molecule has 1 saturated heterocycles. The van der Waals surface area contributed by atoms with Crippen LogP contribution in [0.25, 0.3) is 5.57 Å². The zero-order valence-corrected chi connectivity index (χ0v) is 16.4. The molecule has 0 radical (unpaired) electrons. The van der Waals surface area contributed by atoms with Gasteiger partial charge in [-0.3, -0.25) is 19.2 Å². The van der Waals surface area contributed by atoms with Gasteiger partial charge in [0, 0.05) is 11.6 Å². The van der Waals surface area contributed by atoms with Crippen molar-refractivity contribution in [2.75, 3.05) is 5.73 Å². The van der Waals surface area contributed by atoms with Gasteiger partial charge in [0.15, 0.2) is 5.13 Å². The number of thioether (sulfide) groups is 1. The van der Waals surface area contributed by atoms with Crippen LogP contribution in [-0.2, 0) is 19.2 Å². The molecular formula is C17H16N4O6S2.